The van der Waals surface area contributed by atoms with Gasteiger partial charge in [-0.05, 0) is 51.2 Å². The molecule has 1 atom stereocenters. The lowest BCUT2D eigenvalue weighted by molar-refractivity contribution is 0.244. The van der Waals surface area contributed by atoms with Crippen LogP contribution in [0.3, 0.4) is 0 Å². The van der Waals surface area contributed by atoms with Crippen LogP contribution in [0.4, 0.5) is 14.5 Å². The molecule has 1 aromatic heterocycles. The maximum absolute atomic E-state index is 13.9. The molecule has 2 rings (SSSR count). The maximum Gasteiger partial charge on any atom is 0.128 e. The lowest BCUT2D eigenvalue weighted by Crippen LogP contribution is -2.23. The first-order chi connectivity index (χ1) is 10.5. The van der Waals surface area contributed by atoms with Crippen molar-refractivity contribution in [3.05, 3.63) is 59.4 Å². The molecule has 0 aliphatic rings. The van der Waals surface area contributed by atoms with Crippen LogP contribution in [0, 0.1) is 11.6 Å². The number of halogens is 2. The van der Waals surface area contributed by atoms with Crippen LogP contribution in [0.1, 0.15) is 31.1 Å². The Bertz CT molecular complexity index is 631. The van der Waals surface area contributed by atoms with E-state index in [-0.39, 0.29) is 6.04 Å². The van der Waals surface area contributed by atoms with Gasteiger partial charge in [-0.3, -0.25) is 9.88 Å². The van der Waals surface area contributed by atoms with Crippen molar-refractivity contribution < 1.29 is 8.78 Å². The van der Waals surface area contributed by atoms with Crippen LogP contribution in [0.5, 0.6) is 0 Å². The van der Waals surface area contributed by atoms with Crippen molar-refractivity contribution >= 4 is 5.69 Å². The molecule has 0 bridgehead atoms. The van der Waals surface area contributed by atoms with E-state index in [2.05, 4.69) is 10.3 Å². The number of rotatable bonds is 6. The molecule has 0 fully saturated rings. The number of nitrogens with one attached hydrogen (secondary N) is 1. The molecule has 0 saturated heterocycles. The number of nitrogens with zero attached hydrogens (tertiary/aromatic N) is 2. The Balaban J connectivity index is 2.12. The zero-order chi connectivity index (χ0) is 16.1. The fourth-order valence-corrected chi connectivity index (χ4v) is 2.34. The second-order valence-electron chi connectivity index (χ2n) is 5.32. The fraction of sp³-hybridized carbons (Fsp3) is 0.353. The van der Waals surface area contributed by atoms with Crippen LogP contribution in [0.25, 0.3) is 0 Å². The van der Waals surface area contributed by atoms with E-state index in [0.29, 0.717) is 12.1 Å². The van der Waals surface area contributed by atoms with E-state index < -0.39 is 11.6 Å². The van der Waals surface area contributed by atoms with Gasteiger partial charge in [0.15, 0.2) is 0 Å². The van der Waals surface area contributed by atoms with Crippen LogP contribution < -0.4 is 5.32 Å². The van der Waals surface area contributed by atoms with Gasteiger partial charge in [-0.15, -0.1) is 0 Å². The van der Waals surface area contributed by atoms with Crippen molar-refractivity contribution in [2.75, 3.05) is 18.9 Å². The topological polar surface area (TPSA) is 28.2 Å². The predicted octanol–water partition coefficient (Wildman–Crippen LogP) is 3.98. The number of pyridine rings is 1. The van der Waals surface area contributed by atoms with E-state index in [0.717, 1.165) is 24.0 Å². The molecular weight excluding hydrogens is 284 g/mol. The average Bonchev–Trinajstić information content (AvgIpc) is 2.49. The Morgan fingerprint density at radius 2 is 2.00 bits per heavy atom. The Morgan fingerprint density at radius 1 is 1.23 bits per heavy atom. The predicted molar refractivity (Wildman–Crippen MR) is 84.6 cm³/mol. The monoisotopic (exact) mass is 305 g/mol. The van der Waals surface area contributed by atoms with E-state index in [9.17, 15) is 8.78 Å². The van der Waals surface area contributed by atoms with E-state index >= 15 is 0 Å². The number of hydrogen-bond donors (Lipinski definition) is 1. The standard InChI is InChI=1S/C17H21F2N3/c1-4-20-14-7-8-21-15(10-14)11-22(3)12(2)16-9-13(18)5-6-17(16)19/h5-10,12H,4,11H2,1-3H3,(H,20,21)/t12-/m1/s1. The van der Waals surface area contributed by atoms with Crippen LogP contribution in [0.15, 0.2) is 36.5 Å². The third-order valence-electron chi connectivity index (χ3n) is 3.68. The zero-order valence-corrected chi connectivity index (χ0v) is 13.1. The molecule has 3 nitrogen and oxygen atoms in total. The summed E-state index contributed by atoms with van der Waals surface area (Å²) in [5.74, 6) is -0.820. The molecule has 0 saturated carbocycles. The number of aromatic nitrogens is 1. The minimum absolute atomic E-state index is 0.250. The van der Waals surface area contributed by atoms with Gasteiger partial charge in [0.2, 0.25) is 0 Å². The number of hydrogen-bond acceptors (Lipinski definition) is 3. The van der Waals surface area contributed by atoms with Gasteiger partial charge in [0.1, 0.15) is 11.6 Å². The van der Waals surface area contributed by atoms with E-state index in [1.54, 1.807) is 6.20 Å². The second-order valence-corrected chi connectivity index (χ2v) is 5.32. The summed E-state index contributed by atoms with van der Waals surface area (Å²) in [6.45, 7) is 5.27. The Kier molecular flexibility index (Phi) is 5.44. The van der Waals surface area contributed by atoms with Gasteiger partial charge in [-0.1, -0.05) is 0 Å². The normalized spacial score (nSPS) is 12.5. The van der Waals surface area contributed by atoms with Crippen molar-refractivity contribution in [1.82, 2.24) is 9.88 Å². The first-order valence-electron chi connectivity index (χ1n) is 7.35. The van der Waals surface area contributed by atoms with Crippen LogP contribution in [-0.2, 0) is 6.54 Å². The lowest BCUT2D eigenvalue weighted by atomic mass is 10.1. The third kappa shape index (κ3) is 4.01. The highest BCUT2D eigenvalue weighted by Crippen LogP contribution is 2.24. The maximum atomic E-state index is 13.9. The Labute approximate surface area is 130 Å². The van der Waals surface area contributed by atoms with Gasteiger partial charge < -0.3 is 5.32 Å². The molecule has 0 aliphatic carbocycles. The molecule has 0 radical (unpaired) electrons. The Hall–Kier alpha value is -2.01. The molecule has 1 heterocycles. The molecule has 0 unspecified atom stereocenters. The zero-order valence-electron chi connectivity index (χ0n) is 13.1. The van der Waals surface area contributed by atoms with Gasteiger partial charge in [0, 0.05) is 36.6 Å². The summed E-state index contributed by atoms with van der Waals surface area (Å²) in [6, 6.07) is 7.17. The summed E-state index contributed by atoms with van der Waals surface area (Å²) in [5, 5.41) is 3.23. The van der Waals surface area contributed by atoms with E-state index in [1.165, 1.54) is 12.1 Å². The molecule has 0 spiro atoms. The van der Waals surface area contributed by atoms with Crippen molar-refractivity contribution in [1.29, 1.82) is 0 Å². The first-order valence-corrected chi connectivity index (χ1v) is 7.35. The van der Waals surface area contributed by atoms with Gasteiger partial charge >= 0.3 is 0 Å². The summed E-state index contributed by atoms with van der Waals surface area (Å²) < 4.78 is 27.2. The van der Waals surface area contributed by atoms with Crippen molar-refractivity contribution in [3.8, 4) is 0 Å². The van der Waals surface area contributed by atoms with Crippen molar-refractivity contribution in [3.63, 3.8) is 0 Å². The fourth-order valence-electron chi connectivity index (χ4n) is 2.34. The van der Waals surface area contributed by atoms with E-state index in [1.807, 2.05) is 37.9 Å². The number of benzene rings is 1. The highest BCUT2D eigenvalue weighted by atomic mass is 19.1. The van der Waals surface area contributed by atoms with Crippen molar-refractivity contribution in [2.45, 2.75) is 26.4 Å². The Morgan fingerprint density at radius 3 is 2.73 bits per heavy atom. The molecule has 5 heteroatoms. The van der Waals surface area contributed by atoms with Crippen LogP contribution in [-0.4, -0.2) is 23.5 Å². The molecular formula is C17H21F2N3. The largest absolute Gasteiger partial charge is 0.385 e. The van der Waals surface area contributed by atoms with Crippen LogP contribution in [0.2, 0.25) is 0 Å². The minimum Gasteiger partial charge on any atom is -0.385 e. The second kappa shape index (κ2) is 7.31. The third-order valence-corrected chi connectivity index (χ3v) is 3.68. The van der Waals surface area contributed by atoms with Gasteiger partial charge in [0.25, 0.3) is 0 Å². The van der Waals surface area contributed by atoms with Crippen LogP contribution >= 0.6 is 0 Å². The quantitative estimate of drug-likeness (QED) is 0.875. The van der Waals surface area contributed by atoms with E-state index in [4.69, 9.17) is 0 Å². The van der Waals surface area contributed by atoms with Crippen molar-refractivity contribution in [2.24, 2.45) is 0 Å². The highest BCUT2D eigenvalue weighted by molar-refractivity contribution is 5.42. The average molecular weight is 305 g/mol. The number of anilines is 1. The molecule has 22 heavy (non-hydrogen) atoms. The SMILES string of the molecule is CCNc1ccnc(CN(C)[C@H](C)c2cc(F)ccc2F)c1. The highest BCUT2D eigenvalue weighted by Gasteiger charge is 2.17. The van der Waals surface area contributed by atoms with Gasteiger partial charge in [-0.25, -0.2) is 8.78 Å². The summed E-state index contributed by atoms with van der Waals surface area (Å²) in [7, 11) is 1.87. The summed E-state index contributed by atoms with van der Waals surface area (Å²) in [5.41, 5.74) is 2.24. The molecule has 2 aromatic rings. The molecule has 0 amide bonds. The smallest absolute Gasteiger partial charge is 0.128 e. The first kappa shape index (κ1) is 16.4. The minimum atomic E-state index is -0.427. The summed E-state index contributed by atoms with van der Waals surface area (Å²) >= 11 is 0. The summed E-state index contributed by atoms with van der Waals surface area (Å²) in [6.07, 6.45) is 1.74. The molecule has 118 valence electrons. The van der Waals surface area contributed by atoms with Gasteiger partial charge in [0.05, 0.1) is 5.69 Å². The molecule has 1 aromatic carbocycles. The lowest BCUT2D eigenvalue weighted by Gasteiger charge is -2.25. The molecule has 1 N–H and O–H groups in total. The summed E-state index contributed by atoms with van der Waals surface area (Å²) in [4.78, 5) is 6.27. The molecule has 0 aliphatic heterocycles. The van der Waals surface area contributed by atoms with Gasteiger partial charge in [-0.2, -0.15) is 0 Å².